The van der Waals surface area contributed by atoms with Crippen molar-refractivity contribution in [3.63, 3.8) is 0 Å². The van der Waals surface area contributed by atoms with Crippen LogP contribution in [0.5, 0.6) is 0 Å². The first-order valence-corrected chi connectivity index (χ1v) is 1.50. The van der Waals surface area contributed by atoms with E-state index in [1.54, 1.807) is 0 Å². The summed E-state index contributed by atoms with van der Waals surface area (Å²) in [6.07, 6.45) is -3.24. The summed E-state index contributed by atoms with van der Waals surface area (Å²) >= 11 is 0. The van der Waals surface area contributed by atoms with E-state index in [2.05, 4.69) is 10.2 Å². The standard InChI is InChI=1S/C2H2N2O4.2K.2H/c5-1(6)3-4-2(7)8;;;;/h(H,5,6)(H,7,8);;;;/b4-3+;;;;. The predicted octanol–water partition coefficient (Wildman–Crippen LogP) is -0.502. The van der Waals surface area contributed by atoms with Crippen LogP contribution >= 0.6 is 0 Å². The predicted molar refractivity (Wildman–Crippen MR) is 35.2 cm³/mol. The molecule has 0 heterocycles. The third-order valence-electron chi connectivity index (χ3n) is 0.221. The topological polar surface area (TPSA) is 99.3 Å². The normalized spacial score (nSPS) is 7.60. The molecule has 0 atom stereocenters. The molecule has 10 heavy (non-hydrogen) atoms. The number of hydrogen-bond acceptors (Lipinski definition) is 2. The third kappa shape index (κ3) is 16.4. The summed E-state index contributed by atoms with van der Waals surface area (Å²) in [6.45, 7) is 0. The quantitative estimate of drug-likeness (QED) is 0.404. The first-order valence-electron chi connectivity index (χ1n) is 1.50. The summed E-state index contributed by atoms with van der Waals surface area (Å²) in [7, 11) is 0. The zero-order valence-electron chi connectivity index (χ0n) is 3.61. The van der Waals surface area contributed by atoms with Crippen molar-refractivity contribution >= 4 is 115 Å². The maximum atomic E-state index is 9.38. The van der Waals surface area contributed by atoms with Crippen LogP contribution in [-0.2, 0) is 0 Å². The Morgan fingerprint density at radius 3 is 1.20 bits per heavy atom. The molecule has 8 heteroatoms. The average Bonchev–Trinajstić information content (AvgIpc) is 1.61. The first kappa shape index (κ1) is 17.8. The number of amides is 2. The van der Waals surface area contributed by atoms with Crippen molar-refractivity contribution in [3.8, 4) is 0 Å². The molecule has 0 rings (SSSR count). The van der Waals surface area contributed by atoms with Crippen LogP contribution < -0.4 is 0 Å². The number of carbonyl (C=O) groups is 2. The molecule has 2 N–H and O–H groups in total. The molecular formula is C2H4K2N2O4. The molecule has 0 aromatic carbocycles. The van der Waals surface area contributed by atoms with Crippen molar-refractivity contribution in [2.45, 2.75) is 0 Å². The third-order valence-corrected chi connectivity index (χ3v) is 0.221. The van der Waals surface area contributed by atoms with Crippen molar-refractivity contribution < 1.29 is 19.8 Å². The summed E-state index contributed by atoms with van der Waals surface area (Å²) in [5.74, 6) is 0. The van der Waals surface area contributed by atoms with Crippen molar-refractivity contribution in [3.05, 3.63) is 0 Å². The second-order valence-corrected chi connectivity index (χ2v) is 0.765. The fourth-order valence-electron chi connectivity index (χ4n) is 0.0855. The number of rotatable bonds is 0. The second-order valence-electron chi connectivity index (χ2n) is 0.765. The van der Waals surface area contributed by atoms with Gasteiger partial charge in [0.15, 0.2) is 0 Å². The van der Waals surface area contributed by atoms with Gasteiger partial charge in [0, 0.05) is 0 Å². The van der Waals surface area contributed by atoms with Gasteiger partial charge in [0.25, 0.3) is 0 Å². The van der Waals surface area contributed by atoms with E-state index in [-0.39, 0.29) is 103 Å². The number of azo groups is 1. The first-order chi connectivity index (χ1) is 3.63. The van der Waals surface area contributed by atoms with Gasteiger partial charge < -0.3 is 10.2 Å². The summed E-state index contributed by atoms with van der Waals surface area (Å²) in [5.41, 5.74) is 0. The van der Waals surface area contributed by atoms with Crippen molar-refractivity contribution in [1.82, 2.24) is 0 Å². The Balaban J connectivity index is -0.000000245. The van der Waals surface area contributed by atoms with E-state index in [0.717, 1.165) is 0 Å². The zero-order chi connectivity index (χ0) is 6.57. The molecule has 0 unspecified atom stereocenters. The SMILES string of the molecule is O=C(O)/N=N/C(=O)O.[KH].[KH]. The van der Waals surface area contributed by atoms with Crippen LogP contribution in [0.25, 0.3) is 0 Å². The molecule has 0 saturated heterocycles. The van der Waals surface area contributed by atoms with Gasteiger partial charge in [0.2, 0.25) is 0 Å². The molecule has 0 spiro atoms. The molecule has 0 aromatic rings. The second kappa shape index (κ2) is 10.8. The molecule has 48 valence electrons. The van der Waals surface area contributed by atoms with Gasteiger partial charge in [0.1, 0.15) is 0 Å². The van der Waals surface area contributed by atoms with Crippen LogP contribution in [0.15, 0.2) is 10.2 Å². The molecule has 0 aliphatic carbocycles. The summed E-state index contributed by atoms with van der Waals surface area (Å²) in [4.78, 5) is 18.8. The molecule has 6 nitrogen and oxygen atoms in total. The van der Waals surface area contributed by atoms with Gasteiger partial charge in [0.05, 0.1) is 0 Å². The van der Waals surface area contributed by atoms with Crippen LogP contribution in [0, 0.1) is 0 Å². The van der Waals surface area contributed by atoms with E-state index >= 15 is 0 Å². The number of nitrogens with zero attached hydrogens (tertiary/aromatic N) is 2. The Morgan fingerprint density at radius 1 is 0.900 bits per heavy atom. The van der Waals surface area contributed by atoms with Crippen LogP contribution in [0.4, 0.5) is 9.59 Å². The molecular weight excluding hydrogens is 194 g/mol. The summed E-state index contributed by atoms with van der Waals surface area (Å²) in [5, 5.41) is 19.8. The van der Waals surface area contributed by atoms with E-state index < -0.39 is 12.2 Å². The maximum absolute atomic E-state index is 9.38. The van der Waals surface area contributed by atoms with Crippen molar-refractivity contribution in [2.75, 3.05) is 0 Å². The van der Waals surface area contributed by atoms with E-state index in [9.17, 15) is 9.59 Å². The van der Waals surface area contributed by atoms with Crippen LogP contribution in [0.1, 0.15) is 0 Å². The molecule has 0 aliphatic rings. The van der Waals surface area contributed by atoms with Gasteiger partial charge in [-0.3, -0.25) is 0 Å². The minimum absolute atomic E-state index is 0. The van der Waals surface area contributed by atoms with Crippen LogP contribution in [0.3, 0.4) is 0 Å². The molecule has 0 aliphatic heterocycles. The molecule has 0 aromatic heterocycles. The molecule has 0 radical (unpaired) electrons. The number of hydrogen-bond donors (Lipinski definition) is 2. The molecule has 0 bridgehead atoms. The summed E-state index contributed by atoms with van der Waals surface area (Å²) in [6, 6.07) is 0. The van der Waals surface area contributed by atoms with E-state index in [1.807, 2.05) is 0 Å². The fourth-order valence-corrected chi connectivity index (χ4v) is 0.0855. The van der Waals surface area contributed by atoms with Gasteiger partial charge in [-0.15, -0.1) is 0 Å². The van der Waals surface area contributed by atoms with Gasteiger partial charge in [-0.1, -0.05) is 10.2 Å². The zero-order valence-corrected chi connectivity index (χ0v) is 3.61. The van der Waals surface area contributed by atoms with E-state index in [4.69, 9.17) is 10.2 Å². The van der Waals surface area contributed by atoms with E-state index in [0.29, 0.717) is 0 Å². The molecule has 2 amide bonds. The van der Waals surface area contributed by atoms with E-state index in [1.165, 1.54) is 0 Å². The monoisotopic (exact) mass is 198 g/mol. The molecule has 0 fully saturated rings. The average molecular weight is 198 g/mol. The van der Waals surface area contributed by atoms with Crippen LogP contribution in [0.2, 0.25) is 0 Å². The fraction of sp³-hybridized carbons (Fsp3) is 0. The Hall–Kier alpha value is 1.81. The minimum atomic E-state index is -1.62. The van der Waals surface area contributed by atoms with Crippen LogP contribution in [-0.4, -0.2) is 125 Å². The molecule has 0 saturated carbocycles. The van der Waals surface area contributed by atoms with Gasteiger partial charge in [-0.05, 0) is 0 Å². The Labute approximate surface area is 141 Å². The number of carboxylic acid groups (broad SMARTS) is 2. The Morgan fingerprint density at radius 2 is 1.10 bits per heavy atom. The van der Waals surface area contributed by atoms with Gasteiger partial charge >= 0.3 is 115 Å². The van der Waals surface area contributed by atoms with Gasteiger partial charge in [-0.2, -0.15) is 0 Å². The summed E-state index contributed by atoms with van der Waals surface area (Å²) < 4.78 is 0. The van der Waals surface area contributed by atoms with Crippen molar-refractivity contribution in [2.24, 2.45) is 10.2 Å². The van der Waals surface area contributed by atoms with Gasteiger partial charge in [-0.25, -0.2) is 9.59 Å². The Bertz CT molecular complexity index is 130. The Kier molecular flexibility index (Phi) is 19.2. The van der Waals surface area contributed by atoms with Crippen molar-refractivity contribution in [1.29, 1.82) is 0 Å².